The molecular formula is C17H15NO2. The highest BCUT2D eigenvalue weighted by molar-refractivity contribution is 5.85. The third-order valence-electron chi connectivity index (χ3n) is 3.50. The Hall–Kier alpha value is -2.55. The van der Waals surface area contributed by atoms with E-state index >= 15 is 0 Å². The van der Waals surface area contributed by atoms with Crippen molar-refractivity contribution in [3.8, 4) is 0 Å². The van der Waals surface area contributed by atoms with Gasteiger partial charge in [0.15, 0.2) is 0 Å². The zero-order valence-electron chi connectivity index (χ0n) is 11.0. The molecule has 20 heavy (non-hydrogen) atoms. The van der Waals surface area contributed by atoms with Crippen LogP contribution in [0.4, 0.5) is 11.4 Å². The molecule has 0 amide bonds. The number of hydrogen-bond acceptors (Lipinski definition) is 2. The molecule has 0 saturated heterocycles. The van der Waals surface area contributed by atoms with Gasteiger partial charge in [-0.2, -0.15) is 0 Å². The Balaban J connectivity index is 1.93. The van der Waals surface area contributed by atoms with Crippen LogP contribution >= 0.6 is 0 Å². The summed E-state index contributed by atoms with van der Waals surface area (Å²) in [6.45, 7) is 0. The summed E-state index contributed by atoms with van der Waals surface area (Å²) >= 11 is 0. The maximum absolute atomic E-state index is 10.6. The first-order valence-corrected chi connectivity index (χ1v) is 6.61. The Bertz CT molecular complexity index is 689. The van der Waals surface area contributed by atoms with Gasteiger partial charge in [-0.1, -0.05) is 24.3 Å². The minimum atomic E-state index is -0.925. The molecule has 0 atom stereocenters. The number of aliphatic carboxylic acids is 1. The molecule has 100 valence electrons. The third kappa shape index (κ3) is 2.57. The molecule has 3 nitrogen and oxygen atoms in total. The van der Waals surface area contributed by atoms with Gasteiger partial charge < -0.3 is 10.4 Å². The zero-order chi connectivity index (χ0) is 13.9. The van der Waals surface area contributed by atoms with Crippen LogP contribution in [0.2, 0.25) is 0 Å². The van der Waals surface area contributed by atoms with Gasteiger partial charge in [-0.15, -0.1) is 0 Å². The number of aryl methyl sites for hydroxylation is 2. The first-order valence-electron chi connectivity index (χ1n) is 6.61. The number of carboxylic acids is 1. The van der Waals surface area contributed by atoms with Gasteiger partial charge in [0.1, 0.15) is 0 Å². The average molecular weight is 265 g/mol. The summed E-state index contributed by atoms with van der Waals surface area (Å²) in [6.07, 6.45) is 4.73. The highest BCUT2D eigenvalue weighted by Crippen LogP contribution is 2.30. The first kappa shape index (κ1) is 12.5. The smallest absolute Gasteiger partial charge is 0.328 e. The lowest BCUT2D eigenvalue weighted by Crippen LogP contribution is -1.93. The number of nitrogens with one attached hydrogen (secondary N) is 1. The van der Waals surface area contributed by atoms with E-state index < -0.39 is 5.97 Å². The molecule has 2 aromatic rings. The van der Waals surface area contributed by atoms with E-state index in [0.29, 0.717) is 0 Å². The van der Waals surface area contributed by atoms with Crippen LogP contribution in [0.15, 0.2) is 48.5 Å². The zero-order valence-corrected chi connectivity index (χ0v) is 11.0. The summed E-state index contributed by atoms with van der Waals surface area (Å²) in [5, 5.41) is 12.1. The molecule has 0 spiro atoms. The summed E-state index contributed by atoms with van der Waals surface area (Å²) < 4.78 is 0. The lowest BCUT2D eigenvalue weighted by atomic mass is 10.0. The van der Waals surface area contributed by atoms with Crippen molar-refractivity contribution in [2.24, 2.45) is 0 Å². The Morgan fingerprint density at radius 2 is 1.80 bits per heavy atom. The van der Waals surface area contributed by atoms with Gasteiger partial charge in [0.2, 0.25) is 0 Å². The second kappa shape index (κ2) is 5.21. The summed E-state index contributed by atoms with van der Waals surface area (Å²) in [4.78, 5) is 10.6. The molecule has 0 fully saturated rings. The van der Waals surface area contributed by atoms with Crippen LogP contribution in [0, 0.1) is 0 Å². The van der Waals surface area contributed by atoms with E-state index in [-0.39, 0.29) is 0 Å². The van der Waals surface area contributed by atoms with Crippen LogP contribution in [0.1, 0.15) is 16.7 Å². The lowest BCUT2D eigenvalue weighted by molar-refractivity contribution is -0.131. The number of fused-ring (bicyclic) bond motifs is 2. The molecule has 0 aromatic heterocycles. The molecule has 0 aliphatic carbocycles. The summed E-state index contributed by atoms with van der Waals surface area (Å²) in [5.41, 5.74) is 5.70. The van der Waals surface area contributed by atoms with Gasteiger partial charge in [0.05, 0.1) is 0 Å². The number of para-hydroxylation sites is 1. The first-order chi connectivity index (χ1) is 9.72. The average Bonchev–Trinajstić information content (AvgIpc) is 2.63. The second-order valence-electron chi connectivity index (χ2n) is 4.87. The predicted octanol–water partition coefficient (Wildman–Crippen LogP) is 3.63. The highest BCUT2D eigenvalue weighted by atomic mass is 16.4. The molecule has 3 rings (SSSR count). The Labute approximate surface area is 117 Å². The molecule has 0 radical (unpaired) electrons. The van der Waals surface area contributed by atoms with E-state index in [2.05, 4.69) is 23.5 Å². The van der Waals surface area contributed by atoms with Crippen LogP contribution < -0.4 is 5.32 Å². The number of carbonyl (C=O) groups is 1. The molecular weight excluding hydrogens is 250 g/mol. The molecule has 1 aliphatic heterocycles. The Morgan fingerprint density at radius 1 is 1.05 bits per heavy atom. The van der Waals surface area contributed by atoms with E-state index in [0.717, 1.165) is 29.8 Å². The van der Waals surface area contributed by atoms with Gasteiger partial charge in [-0.3, -0.25) is 0 Å². The summed E-state index contributed by atoms with van der Waals surface area (Å²) in [6, 6.07) is 14.3. The monoisotopic (exact) mass is 265 g/mol. The number of anilines is 2. The van der Waals surface area contributed by atoms with Crippen molar-refractivity contribution in [1.29, 1.82) is 0 Å². The summed E-state index contributed by atoms with van der Waals surface area (Å²) in [7, 11) is 0. The quantitative estimate of drug-likeness (QED) is 0.815. The minimum Gasteiger partial charge on any atom is -0.478 e. The van der Waals surface area contributed by atoms with Crippen molar-refractivity contribution in [2.45, 2.75) is 12.8 Å². The van der Waals surface area contributed by atoms with Crippen LogP contribution in [-0.4, -0.2) is 11.1 Å². The number of benzene rings is 2. The standard InChI is InChI=1S/C17H15NO2/c19-17(20)10-6-12-5-9-16-14(11-12)8-7-13-3-1-2-4-15(13)18-16/h1-6,9-11,18H,7-8H2,(H,19,20)/b10-6+. The maximum atomic E-state index is 10.6. The molecule has 0 bridgehead atoms. The van der Waals surface area contributed by atoms with Crippen molar-refractivity contribution in [3.05, 3.63) is 65.2 Å². The molecule has 3 heteroatoms. The molecule has 2 aromatic carbocycles. The number of hydrogen-bond donors (Lipinski definition) is 2. The van der Waals surface area contributed by atoms with Gasteiger partial charge in [0, 0.05) is 17.5 Å². The second-order valence-corrected chi connectivity index (χ2v) is 4.87. The van der Waals surface area contributed by atoms with E-state index in [4.69, 9.17) is 5.11 Å². The van der Waals surface area contributed by atoms with E-state index in [9.17, 15) is 4.79 Å². The molecule has 0 unspecified atom stereocenters. The van der Waals surface area contributed by atoms with E-state index in [1.807, 2.05) is 24.3 Å². The molecule has 2 N–H and O–H groups in total. The van der Waals surface area contributed by atoms with Gasteiger partial charge in [0.25, 0.3) is 0 Å². The van der Waals surface area contributed by atoms with Crippen molar-refractivity contribution in [3.63, 3.8) is 0 Å². The Kier molecular flexibility index (Phi) is 3.25. The van der Waals surface area contributed by atoms with Crippen molar-refractivity contribution in [2.75, 3.05) is 5.32 Å². The Morgan fingerprint density at radius 3 is 2.65 bits per heavy atom. The molecule has 1 aliphatic rings. The lowest BCUT2D eigenvalue weighted by Gasteiger charge is -2.10. The molecule has 0 saturated carbocycles. The number of carboxylic acid groups (broad SMARTS) is 1. The van der Waals surface area contributed by atoms with Crippen molar-refractivity contribution >= 4 is 23.4 Å². The fourth-order valence-corrected chi connectivity index (χ4v) is 2.49. The molecule has 1 heterocycles. The largest absolute Gasteiger partial charge is 0.478 e. The fourth-order valence-electron chi connectivity index (χ4n) is 2.49. The SMILES string of the molecule is O=C(O)/C=C/c1ccc2c(c1)CCc1ccccc1N2. The van der Waals surface area contributed by atoms with E-state index in [1.165, 1.54) is 17.2 Å². The van der Waals surface area contributed by atoms with Crippen molar-refractivity contribution in [1.82, 2.24) is 0 Å². The van der Waals surface area contributed by atoms with Crippen LogP contribution in [0.3, 0.4) is 0 Å². The van der Waals surface area contributed by atoms with Crippen LogP contribution in [-0.2, 0) is 17.6 Å². The summed E-state index contributed by atoms with van der Waals surface area (Å²) in [5.74, 6) is -0.925. The van der Waals surface area contributed by atoms with Gasteiger partial charge in [-0.25, -0.2) is 4.79 Å². The van der Waals surface area contributed by atoms with Crippen molar-refractivity contribution < 1.29 is 9.90 Å². The number of rotatable bonds is 2. The normalized spacial score (nSPS) is 13.2. The topological polar surface area (TPSA) is 49.3 Å². The minimum absolute atomic E-state index is 0.916. The van der Waals surface area contributed by atoms with Gasteiger partial charge >= 0.3 is 5.97 Å². The third-order valence-corrected chi connectivity index (χ3v) is 3.50. The van der Waals surface area contributed by atoms with Crippen LogP contribution in [0.5, 0.6) is 0 Å². The predicted molar refractivity (Wildman–Crippen MR) is 80.2 cm³/mol. The van der Waals surface area contributed by atoms with Gasteiger partial charge in [-0.05, 0) is 53.8 Å². The maximum Gasteiger partial charge on any atom is 0.328 e. The van der Waals surface area contributed by atoms with Crippen LogP contribution in [0.25, 0.3) is 6.08 Å². The highest BCUT2D eigenvalue weighted by Gasteiger charge is 2.12. The van der Waals surface area contributed by atoms with E-state index in [1.54, 1.807) is 6.08 Å². The fraction of sp³-hybridized carbons (Fsp3) is 0.118.